The number of aryl methyl sites for hydroxylation is 1. The molecule has 2 saturated heterocycles. The van der Waals surface area contributed by atoms with Crippen molar-refractivity contribution in [1.82, 2.24) is 20.4 Å². The van der Waals surface area contributed by atoms with Crippen LogP contribution in [0.2, 0.25) is 0 Å². The molecule has 2 N–H and O–H groups in total. The topological polar surface area (TPSA) is 109 Å². The average molecular weight is 370 g/mol. The highest BCUT2D eigenvalue weighted by Crippen LogP contribution is 2.37. The molecule has 8 heteroatoms. The van der Waals surface area contributed by atoms with Crippen LogP contribution < -0.4 is 5.32 Å². The van der Waals surface area contributed by atoms with Gasteiger partial charge in [-0.15, -0.1) is 0 Å². The second-order valence-corrected chi connectivity index (χ2v) is 7.40. The van der Waals surface area contributed by atoms with E-state index in [-0.39, 0.29) is 12.3 Å². The number of aromatic nitrogens is 2. The van der Waals surface area contributed by atoms with E-state index in [0.29, 0.717) is 44.2 Å². The Morgan fingerprint density at radius 3 is 2.81 bits per heavy atom. The van der Waals surface area contributed by atoms with E-state index in [2.05, 4.69) is 20.4 Å². The van der Waals surface area contributed by atoms with Crippen molar-refractivity contribution < 1.29 is 19.2 Å². The third kappa shape index (κ3) is 3.32. The summed E-state index contributed by atoms with van der Waals surface area (Å²) in [5.74, 6) is -0.611. The first-order valence-electron chi connectivity index (χ1n) is 9.12. The van der Waals surface area contributed by atoms with Gasteiger partial charge >= 0.3 is 5.97 Å². The van der Waals surface area contributed by atoms with Gasteiger partial charge in [0.1, 0.15) is 0 Å². The molecular formula is C19H22N4O4. The Morgan fingerprint density at radius 1 is 1.37 bits per heavy atom. The number of hydrogen-bond donors (Lipinski definition) is 2. The van der Waals surface area contributed by atoms with Gasteiger partial charge in [0.05, 0.1) is 18.0 Å². The Morgan fingerprint density at radius 2 is 2.11 bits per heavy atom. The Labute approximate surface area is 156 Å². The summed E-state index contributed by atoms with van der Waals surface area (Å²) in [4.78, 5) is 29.9. The van der Waals surface area contributed by atoms with Gasteiger partial charge in [-0.05, 0) is 25.3 Å². The van der Waals surface area contributed by atoms with Crippen LogP contribution in [0.15, 0.2) is 28.8 Å². The molecule has 142 valence electrons. The number of hydrogen-bond acceptors (Lipinski definition) is 6. The quantitative estimate of drug-likeness (QED) is 0.841. The summed E-state index contributed by atoms with van der Waals surface area (Å²) in [5.41, 5.74) is 1.41. The van der Waals surface area contributed by atoms with E-state index in [1.807, 2.05) is 31.2 Å². The second-order valence-electron chi connectivity index (χ2n) is 7.40. The van der Waals surface area contributed by atoms with Crippen molar-refractivity contribution in [2.75, 3.05) is 13.1 Å². The number of piperidine rings is 1. The Kier molecular flexibility index (Phi) is 4.43. The van der Waals surface area contributed by atoms with Gasteiger partial charge in [0.15, 0.2) is 0 Å². The fourth-order valence-corrected chi connectivity index (χ4v) is 4.15. The third-order valence-corrected chi connectivity index (χ3v) is 5.70. The van der Waals surface area contributed by atoms with Gasteiger partial charge in [0, 0.05) is 25.1 Å². The molecule has 1 amide bonds. The van der Waals surface area contributed by atoms with Crippen LogP contribution in [0.5, 0.6) is 0 Å². The molecule has 0 aliphatic carbocycles. The highest BCUT2D eigenvalue weighted by atomic mass is 16.5. The number of carboxylic acid groups (broad SMARTS) is 1. The van der Waals surface area contributed by atoms with Gasteiger partial charge in [0.2, 0.25) is 17.6 Å². The monoisotopic (exact) mass is 370 g/mol. The van der Waals surface area contributed by atoms with E-state index >= 15 is 0 Å². The zero-order valence-electron chi connectivity index (χ0n) is 15.1. The molecule has 4 rings (SSSR count). The van der Waals surface area contributed by atoms with Gasteiger partial charge in [-0.2, -0.15) is 4.98 Å². The fourth-order valence-electron chi connectivity index (χ4n) is 4.15. The number of nitrogens with one attached hydrogen (secondary N) is 1. The number of amides is 1. The zero-order valence-corrected chi connectivity index (χ0v) is 15.1. The first-order chi connectivity index (χ1) is 13.0. The lowest BCUT2D eigenvalue weighted by Crippen LogP contribution is -2.55. The van der Waals surface area contributed by atoms with Crippen LogP contribution in [0.1, 0.15) is 30.7 Å². The number of benzene rings is 1. The molecule has 8 nitrogen and oxygen atoms in total. The first kappa shape index (κ1) is 17.7. The van der Waals surface area contributed by atoms with Crippen molar-refractivity contribution >= 4 is 11.9 Å². The summed E-state index contributed by atoms with van der Waals surface area (Å²) >= 11 is 0. The fraction of sp³-hybridized carbons (Fsp3) is 0.474. The summed E-state index contributed by atoms with van der Waals surface area (Å²) in [6.07, 6.45) is 1.28. The van der Waals surface area contributed by atoms with E-state index in [4.69, 9.17) is 4.52 Å². The third-order valence-electron chi connectivity index (χ3n) is 5.70. The van der Waals surface area contributed by atoms with Crippen molar-refractivity contribution in [3.8, 4) is 11.4 Å². The van der Waals surface area contributed by atoms with Crippen LogP contribution in [0.25, 0.3) is 11.4 Å². The van der Waals surface area contributed by atoms with Crippen LogP contribution in [-0.4, -0.2) is 50.7 Å². The van der Waals surface area contributed by atoms with Crippen molar-refractivity contribution in [2.45, 2.75) is 38.3 Å². The number of carbonyl (C=O) groups excluding carboxylic acids is 1. The number of nitrogens with zero attached hydrogens (tertiary/aromatic N) is 3. The number of likely N-dealkylation sites (tertiary alicyclic amines) is 1. The van der Waals surface area contributed by atoms with Gasteiger partial charge in [-0.25, -0.2) is 0 Å². The molecular weight excluding hydrogens is 348 g/mol. The number of carbonyl (C=O) groups is 2. The second kappa shape index (κ2) is 6.77. The molecule has 1 spiro atoms. The summed E-state index contributed by atoms with van der Waals surface area (Å²) in [6, 6.07) is 7.88. The lowest BCUT2D eigenvalue weighted by Gasteiger charge is -2.41. The molecule has 2 aliphatic rings. The van der Waals surface area contributed by atoms with Crippen LogP contribution in [-0.2, 0) is 16.1 Å². The Bertz CT molecular complexity index is 870. The van der Waals surface area contributed by atoms with E-state index in [0.717, 1.165) is 11.1 Å². The summed E-state index contributed by atoms with van der Waals surface area (Å²) in [5, 5.41) is 16.4. The molecule has 27 heavy (non-hydrogen) atoms. The molecule has 0 radical (unpaired) electrons. The highest BCUT2D eigenvalue weighted by molar-refractivity contribution is 5.88. The number of rotatable bonds is 4. The summed E-state index contributed by atoms with van der Waals surface area (Å²) in [7, 11) is 0. The Hall–Kier alpha value is -2.74. The first-order valence-corrected chi connectivity index (χ1v) is 9.12. The number of aliphatic carboxylic acids is 1. The van der Waals surface area contributed by atoms with E-state index in [9.17, 15) is 14.7 Å². The molecule has 1 atom stereocenters. The molecule has 3 heterocycles. The Balaban J connectivity index is 1.41. The van der Waals surface area contributed by atoms with E-state index in [1.165, 1.54) is 0 Å². The largest absolute Gasteiger partial charge is 0.481 e. The van der Waals surface area contributed by atoms with Gasteiger partial charge < -0.3 is 14.9 Å². The van der Waals surface area contributed by atoms with Crippen LogP contribution in [0.4, 0.5) is 0 Å². The van der Waals surface area contributed by atoms with Crippen LogP contribution in [0, 0.1) is 12.8 Å². The van der Waals surface area contributed by atoms with Gasteiger partial charge in [-0.3, -0.25) is 14.5 Å². The predicted molar refractivity (Wildman–Crippen MR) is 95.6 cm³/mol. The van der Waals surface area contributed by atoms with Crippen LogP contribution >= 0.6 is 0 Å². The SMILES string of the molecule is Cc1ccccc1-c1noc(CN2CCC3(CC2)NC(=O)CC3C(=O)O)n1. The minimum atomic E-state index is -0.901. The van der Waals surface area contributed by atoms with E-state index in [1.54, 1.807) is 0 Å². The minimum absolute atomic E-state index is 0.0682. The molecule has 1 aromatic carbocycles. The van der Waals surface area contributed by atoms with Crippen molar-refractivity contribution in [3.05, 3.63) is 35.7 Å². The normalized spacial score (nSPS) is 22.1. The minimum Gasteiger partial charge on any atom is -0.481 e. The smallest absolute Gasteiger partial charge is 0.309 e. The predicted octanol–water partition coefficient (Wildman–Crippen LogP) is 1.60. The van der Waals surface area contributed by atoms with Crippen LogP contribution in [0.3, 0.4) is 0 Å². The summed E-state index contributed by atoms with van der Waals surface area (Å²) < 4.78 is 5.40. The van der Waals surface area contributed by atoms with Gasteiger partial charge in [-0.1, -0.05) is 29.4 Å². The van der Waals surface area contributed by atoms with Crippen molar-refractivity contribution in [3.63, 3.8) is 0 Å². The maximum Gasteiger partial charge on any atom is 0.309 e. The molecule has 0 saturated carbocycles. The maximum absolute atomic E-state index is 11.7. The lowest BCUT2D eigenvalue weighted by molar-refractivity contribution is -0.144. The molecule has 0 bridgehead atoms. The standard InChI is InChI=1S/C19H22N4O4/c1-12-4-2-3-5-13(12)17-20-16(27-22-17)11-23-8-6-19(7-9-23)14(18(25)26)10-15(24)21-19/h2-5,14H,6-11H2,1H3,(H,21,24)(H,25,26). The van der Waals surface area contributed by atoms with Crippen molar-refractivity contribution in [2.24, 2.45) is 5.92 Å². The highest BCUT2D eigenvalue weighted by Gasteiger charge is 2.51. The van der Waals surface area contributed by atoms with E-state index < -0.39 is 17.4 Å². The summed E-state index contributed by atoms with van der Waals surface area (Å²) in [6.45, 7) is 3.86. The molecule has 2 aromatic rings. The average Bonchev–Trinajstić information content (AvgIpc) is 3.22. The molecule has 1 aromatic heterocycles. The molecule has 2 aliphatic heterocycles. The molecule has 1 unspecified atom stereocenters. The van der Waals surface area contributed by atoms with Crippen molar-refractivity contribution in [1.29, 1.82) is 0 Å². The number of carboxylic acids is 1. The van der Waals surface area contributed by atoms with Gasteiger partial charge in [0.25, 0.3) is 0 Å². The zero-order chi connectivity index (χ0) is 19.0. The molecule has 2 fully saturated rings. The maximum atomic E-state index is 11.7. The lowest BCUT2D eigenvalue weighted by atomic mass is 9.78.